The van der Waals surface area contributed by atoms with Crippen LogP contribution in [0.2, 0.25) is 5.02 Å². The molecule has 2 aromatic carbocycles. The lowest BCUT2D eigenvalue weighted by Crippen LogP contribution is -2.32. The van der Waals surface area contributed by atoms with E-state index in [1.54, 1.807) is 0 Å². The second kappa shape index (κ2) is 8.27. The van der Waals surface area contributed by atoms with E-state index in [1.807, 2.05) is 32.9 Å². The summed E-state index contributed by atoms with van der Waals surface area (Å²) in [6.07, 6.45) is -3.74. The van der Waals surface area contributed by atoms with Crippen LogP contribution < -0.4 is 10.6 Å². The zero-order valence-corrected chi connectivity index (χ0v) is 16.2. The molecule has 7 heteroatoms. The lowest BCUT2D eigenvalue weighted by Gasteiger charge is -2.21. The lowest BCUT2D eigenvalue weighted by atomic mass is 9.99. The summed E-state index contributed by atoms with van der Waals surface area (Å²) in [5.41, 5.74) is 2.79. The van der Waals surface area contributed by atoms with Gasteiger partial charge in [-0.3, -0.25) is 0 Å². The van der Waals surface area contributed by atoms with Gasteiger partial charge in [0, 0.05) is 5.69 Å². The van der Waals surface area contributed by atoms with Gasteiger partial charge in [-0.2, -0.15) is 13.2 Å². The first-order valence-corrected chi connectivity index (χ1v) is 8.92. The van der Waals surface area contributed by atoms with Crippen LogP contribution in [0.5, 0.6) is 0 Å². The summed E-state index contributed by atoms with van der Waals surface area (Å²) < 4.78 is 38.9. The molecular formula is C19H20ClF3N2S. The van der Waals surface area contributed by atoms with E-state index in [2.05, 4.69) is 16.7 Å². The summed E-state index contributed by atoms with van der Waals surface area (Å²) in [6.45, 7) is 6.09. The molecule has 0 bridgehead atoms. The Morgan fingerprint density at radius 3 is 2.38 bits per heavy atom. The number of nitrogens with one attached hydrogen (secondary N) is 2. The normalized spacial score (nSPS) is 12.6. The Hall–Kier alpha value is -1.79. The molecule has 140 valence electrons. The minimum Gasteiger partial charge on any atom is -0.356 e. The molecule has 0 heterocycles. The molecule has 2 N–H and O–H groups in total. The molecule has 0 saturated carbocycles. The van der Waals surface area contributed by atoms with Crippen molar-refractivity contribution in [3.63, 3.8) is 0 Å². The number of anilines is 1. The van der Waals surface area contributed by atoms with Crippen LogP contribution in [0, 0.1) is 13.8 Å². The zero-order chi connectivity index (χ0) is 19.5. The summed E-state index contributed by atoms with van der Waals surface area (Å²) in [5.74, 6) is 0. The number of benzene rings is 2. The monoisotopic (exact) mass is 400 g/mol. The van der Waals surface area contributed by atoms with Crippen molar-refractivity contribution in [1.82, 2.24) is 5.32 Å². The number of rotatable bonds is 4. The van der Waals surface area contributed by atoms with Gasteiger partial charge < -0.3 is 10.6 Å². The van der Waals surface area contributed by atoms with Crippen LogP contribution in [0.1, 0.15) is 41.6 Å². The van der Waals surface area contributed by atoms with Gasteiger partial charge in [0.05, 0.1) is 16.6 Å². The summed E-state index contributed by atoms with van der Waals surface area (Å²) in [7, 11) is 0. The Balaban J connectivity index is 2.13. The standard InChI is InChI=1S/C19H20ClF3N2S/c1-4-17(13-6-5-11(2)12(3)9-13)25-18(26)24-14-7-8-16(20)15(10-14)19(21,22)23/h5-10,17H,4H2,1-3H3,(H2,24,25,26)/t17-/m0/s1. The third-order valence-corrected chi connectivity index (χ3v) is 4.73. The van der Waals surface area contributed by atoms with Crippen molar-refractivity contribution in [3.8, 4) is 0 Å². The van der Waals surface area contributed by atoms with E-state index in [4.69, 9.17) is 23.8 Å². The number of aryl methyl sites for hydroxylation is 2. The average Bonchev–Trinajstić information content (AvgIpc) is 2.56. The SMILES string of the molecule is CC[C@H](NC(=S)Nc1ccc(Cl)c(C(F)(F)F)c1)c1ccc(C)c(C)c1. The van der Waals surface area contributed by atoms with E-state index in [0.29, 0.717) is 0 Å². The predicted molar refractivity (Wildman–Crippen MR) is 105 cm³/mol. The number of thiocarbonyl (C=S) groups is 1. The van der Waals surface area contributed by atoms with E-state index in [0.717, 1.165) is 18.1 Å². The molecule has 26 heavy (non-hydrogen) atoms. The van der Waals surface area contributed by atoms with Gasteiger partial charge in [0.25, 0.3) is 0 Å². The van der Waals surface area contributed by atoms with E-state index >= 15 is 0 Å². The van der Waals surface area contributed by atoms with Crippen LogP contribution in [-0.4, -0.2) is 5.11 Å². The van der Waals surface area contributed by atoms with E-state index in [-0.39, 0.29) is 21.9 Å². The van der Waals surface area contributed by atoms with Crippen molar-refractivity contribution in [2.45, 2.75) is 39.4 Å². The second-order valence-electron chi connectivity index (χ2n) is 6.10. The minimum atomic E-state index is -4.52. The molecule has 1 atom stereocenters. The maximum atomic E-state index is 13.0. The largest absolute Gasteiger partial charge is 0.417 e. The maximum absolute atomic E-state index is 13.0. The first kappa shape index (κ1) is 20.5. The summed E-state index contributed by atoms with van der Waals surface area (Å²) >= 11 is 10.9. The Morgan fingerprint density at radius 2 is 1.81 bits per heavy atom. The lowest BCUT2D eigenvalue weighted by molar-refractivity contribution is -0.137. The number of alkyl halides is 3. The fraction of sp³-hybridized carbons (Fsp3) is 0.316. The fourth-order valence-corrected chi connectivity index (χ4v) is 3.03. The van der Waals surface area contributed by atoms with Gasteiger partial charge in [-0.1, -0.05) is 36.7 Å². The average molecular weight is 401 g/mol. The number of hydrogen-bond acceptors (Lipinski definition) is 1. The van der Waals surface area contributed by atoms with Crippen molar-refractivity contribution in [3.05, 3.63) is 63.7 Å². The zero-order valence-electron chi connectivity index (χ0n) is 14.7. The number of hydrogen-bond donors (Lipinski definition) is 2. The third-order valence-electron chi connectivity index (χ3n) is 4.18. The molecule has 0 aliphatic heterocycles. The van der Waals surface area contributed by atoms with Gasteiger partial charge in [-0.25, -0.2) is 0 Å². The van der Waals surface area contributed by atoms with Gasteiger partial charge in [-0.15, -0.1) is 0 Å². The molecule has 0 aliphatic rings. The molecule has 2 rings (SSSR count). The van der Waals surface area contributed by atoms with Crippen LogP contribution in [-0.2, 0) is 6.18 Å². The van der Waals surface area contributed by atoms with E-state index in [9.17, 15) is 13.2 Å². The predicted octanol–water partition coefficient (Wildman–Crippen LogP) is 6.41. The molecule has 0 unspecified atom stereocenters. The third kappa shape index (κ3) is 5.11. The Kier molecular flexibility index (Phi) is 6.53. The molecule has 0 aliphatic carbocycles. The van der Waals surface area contributed by atoms with Gasteiger partial charge in [0.2, 0.25) is 0 Å². The topological polar surface area (TPSA) is 24.1 Å². The highest BCUT2D eigenvalue weighted by atomic mass is 35.5. The van der Waals surface area contributed by atoms with Crippen molar-refractivity contribution < 1.29 is 13.2 Å². The van der Waals surface area contributed by atoms with Gasteiger partial charge in [-0.05, 0) is 67.4 Å². The highest BCUT2D eigenvalue weighted by Gasteiger charge is 2.33. The molecule has 0 spiro atoms. The molecule has 0 saturated heterocycles. The fourth-order valence-electron chi connectivity index (χ4n) is 2.55. The van der Waals surface area contributed by atoms with Crippen LogP contribution in [0.15, 0.2) is 36.4 Å². The van der Waals surface area contributed by atoms with Gasteiger partial charge >= 0.3 is 6.18 Å². The van der Waals surface area contributed by atoms with Crippen LogP contribution >= 0.6 is 23.8 Å². The molecule has 2 aromatic rings. The summed E-state index contributed by atoms with van der Waals surface area (Å²) in [5, 5.41) is 5.87. The van der Waals surface area contributed by atoms with Gasteiger partial charge in [0.1, 0.15) is 0 Å². The molecule has 0 aromatic heterocycles. The van der Waals surface area contributed by atoms with E-state index in [1.165, 1.54) is 23.3 Å². The summed E-state index contributed by atoms with van der Waals surface area (Å²) in [6, 6.07) is 9.73. The maximum Gasteiger partial charge on any atom is 0.417 e. The molecule has 2 nitrogen and oxygen atoms in total. The molecule has 0 amide bonds. The van der Waals surface area contributed by atoms with Crippen molar-refractivity contribution in [2.24, 2.45) is 0 Å². The minimum absolute atomic E-state index is 0.0383. The van der Waals surface area contributed by atoms with Crippen LogP contribution in [0.4, 0.5) is 18.9 Å². The van der Waals surface area contributed by atoms with Crippen molar-refractivity contribution in [2.75, 3.05) is 5.32 Å². The van der Waals surface area contributed by atoms with Gasteiger partial charge in [0.15, 0.2) is 5.11 Å². The Labute approximate surface area is 161 Å². The van der Waals surface area contributed by atoms with E-state index < -0.39 is 11.7 Å². The Bertz CT molecular complexity index is 806. The first-order chi connectivity index (χ1) is 12.1. The van der Waals surface area contributed by atoms with Crippen molar-refractivity contribution >= 4 is 34.6 Å². The summed E-state index contributed by atoms with van der Waals surface area (Å²) in [4.78, 5) is 0. The number of halogens is 4. The highest BCUT2D eigenvalue weighted by Crippen LogP contribution is 2.36. The van der Waals surface area contributed by atoms with Crippen LogP contribution in [0.3, 0.4) is 0 Å². The smallest absolute Gasteiger partial charge is 0.356 e. The Morgan fingerprint density at radius 1 is 1.12 bits per heavy atom. The second-order valence-corrected chi connectivity index (χ2v) is 6.91. The first-order valence-electron chi connectivity index (χ1n) is 8.13. The quantitative estimate of drug-likeness (QED) is 0.579. The van der Waals surface area contributed by atoms with Crippen LogP contribution in [0.25, 0.3) is 0 Å². The highest BCUT2D eigenvalue weighted by molar-refractivity contribution is 7.80. The molecular weight excluding hydrogens is 381 g/mol. The molecule has 0 fully saturated rings. The molecule has 0 radical (unpaired) electrons. The van der Waals surface area contributed by atoms with Crippen molar-refractivity contribution in [1.29, 1.82) is 0 Å².